The minimum Gasteiger partial charge on any atom is -0.392 e. The summed E-state index contributed by atoms with van der Waals surface area (Å²) in [5.41, 5.74) is 1.24. The van der Waals surface area contributed by atoms with Crippen molar-refractivity contribution >= 4 is 17.7 Å². The van der Waals surface area contributed by atoms with Crippen LogP contribution in [0.4, 0.5) is 22.0 Å². The van der Waals surface area contributed by atoms with E-state index in [-0.39, 0.29) is 31.3 Å². The summed E-state index contributed by atoms with van der Waals surface area (Å²) in [6.45, 7) is 1.68. The molecule has 1 saturated heterocycles. The van der Waals surface area contributed by atoms with Crippen LogP contribution >= 0.6 is 11.8 Å². The highest BCUT2D eigenvalue weighted by molar-refractivity contribution is 7.99. The standard InChI is InChI=1S/C29H25F5N4O4S/c1-14-19(12-43-29-36-13-37-38-29)41-28(42-26(14)17-6-4-16(11-39)5-7-17)18-8-2-15(3-9-18)10-35-27(40)20-21(30)23(32)25(34)24(33)22(20)31/h2-9,13-14,19,26,28,39H,10-12H2,1H3,(H,35,40)(H,36,37,38)/t14-,19+,26+,28+/m0/s1. The predicted molar refractivity (Wildman–Crippen MR) is 144 cm³/mol. The lowest BCUT2D eigenvalue weighted by Crippen LogP contribution is -2.38. The van der Waals surface area contributed by atoms with Crippen molar-refractivity contribution in [2.75, 3.05) is 5.75 Å². The summed E-state index contributed by atoms with van der Waals surface area (Å²) in [6.07, 6.45) is 0.0118. The molecule has 0 spiro atoms. The number of halogens is 5. The Labute approximate surface area is 246 Å². The molecule has 1 aliphatic heterocycles. The Kier molecular flexibility index (Phi) is 9.40. The van der Waals surface area contributed by atoms with Crippen molar-refractivity contribution in [3.63, 3.8) is 0 Å². The number of benzene rings is 3. The predicted octanol–water partition coefficient (Wildman–Crippen LogP) is 5.51. The molecule has 3 aromatic carbocycles. The van der Waals surface area contributed by atoms with Crippen molar-refractivity contribution in [2.24, 2.45) is 5.92 Å². The fourth-order valence-corrected chi connectivity index (χ4v) is 5.55. The monoisotopic (exact) mass is 620 g/mol. The maximum atomic E-state index is 14.0. The molecule has 226 valence electrons. The highest BCUT2D eigenvalue weighted by atomic mass is 32.2. The average Bonchev–Trinajstić information content (AvgIpc) is 3.55. The van der Waals surface area contributed by atoms with Gasteiger partial charge in [0.1, 0.15) is 11.9 Å². The van der Waals surface area contributed by atoms with Gasteiger partial charge in [-0.3, -0.25) is 9.89 Å². The van der Waals surface area contributed by atoms with Gasteiger partial charge in [-0.05, 0) is 16.7 Å². The van der Waals surface area contributed by atoms with Crippen molar-refractivity contribution < 1.29 is 41.3 Å². The summed E-state index contributed by atoms with van der Waals surface area (Å²) in [5.74, 6) is -12.1. The van der Waals surface area contributed by atoms with Gasteiger partial charge in [-0.25, -0.2) is 26.9 Å². The number of aliphatic hydroxyl groups is 1. The maximum Gasteiger partial charge on any atom is 0.257 e. The fraction of sp³-hybridized carbons (Fsp3) is 0.276. The van der Waals surface area contributed by atoms with E-state index in [0.29, 0.717) is 22.0 Å². The normalized spacial score (nSPS) is 20.3. The number of aliphatic hydroxyl groups excluding tert-OH is 1. The molecule has 14 heteroatoms. The zero-order chi connectivity index (χ0) is 30.7. The van der Waals surface area contributed by atoms with Gasteiger partial charge in [0.05, 0.1) is 18.8 Å². The van der Waals surface area contributed by atoms with E-state index in [0.717, 1.165) is 11.1 Å². The second-order valence-corrected chi connectivity index (χ2v) is 10.8. The first-order chi connectivity index (χ1) is 20.7. The van der Waals surface area contributed by atoms with Crippen LogP contribution in [0.3, 0.4) is 0 Å². The van der Waals surface area contributed by atoms with E-state index in [4.69, 9.17) is 9.47 Å². The molecular weight excluding hydrogens is 595 g/mol. The summed E-state index contributed by atoms with van der Waals surface area (Å²) >= 11 is 1.45. The lowest BCUT2D eigenvalue weighted by molar-refractivity contribution is -0.268. The molecule has 0 unspecified atom stereocenters. The van der Waals surface area contributed by atoms with Crippen molar-refractivity contribution in [3.05, 3.63) is 112 Å². The van der Waals surface area contributed by atoms with Gasteiger partial charge in [0, 0.05) is 23.8 Å². The Morgan fingerprint density at radius 2 is 1.51 bits per heavy atom. The summed E-state index contributed by atoms with van der Waals surface area (Å²) in [4.78, 5) is 16.4. The van der Waals surface area contributed by atoms with Crippen molar-refractivity contribution in [2.45, 2.75) is 43.7 Å². The molecule has 1 aromatic heterocycles. The molecule has 1 fully saturated rings. The van der Waals surface area contributed by atoms with E-state index in [1.165, 1.54) is 18.1 Å². The zero-order valence-electron chi connectivity index (χ0n) is 22.5. The number of hydrogen-bond acceptors (Lipinski definition) is 7. The van der Waals surface area contributed by atoms with Crippen molar-refractivity contribution in [1.29, 1.82) is 0 Å². The average molecular weight is 621 g/mol. The van der Waals surface area contributed by atoms with Gasteiger partial charge >= 0.3 is 0 Å². The van der Waals surface area contributed by atoms with E-state index < -0.39 is 46.8 Å². The van der Waals surface area contributed by atoms with Gasteiger partial charge in [0.25, 0.3) is 5.91 Å². The van der Waals surface area contributed by atoms with Gasteiger partial charge in [-0.1, -0.05) is 67.2 Å². The lowest BCUT2D eigenvalue weighted by Gasteiger charge is -2.41. The molecule has 4 atom stereocenters. The number of amides is 1. The summed E-state index contributed by atoms with van der Waals surface area (Å²) in [6, 6.07) is 14.0. The number of hydrogen-bond donors (Lipinski definition) is 3. The van der Waals surface area contributed by atoms with Gasteiger partial charge in [0.15, 0.2) is 34.7 Å². The van der Waals surface area contributed by atoms with Crippen LogP contribution in [-0.2, 0) is 22.6 Å². The minimum atomic E-state index is -2.34. The number of nitrogens with one attached hydrogen (secondary N) is 2. The Bertz CT molecular complexity index is 1550. The van der Waals surface area contributed by atoms with Crippen LogP contribution in [0, 0.1) is 35.0 Å². The Morgan fingerprint density at radius 3 is 2.12 bits per heavy atom. The van der Waals surface area contributed by atoms with Crippen LogP contribution in [0.1, 0.15) is 51.9 Å². The summed E-state index contributed by atoms with van der Waals surface area (Å²) in [7, 11) is 0. The first kappa shape index (κ1) is 30.6. The molecular formula is C29H25F5N4O4S. The summed E-state index contributed by atoms with van der Waals surface area (Å²) in [5, 5.41) is 18.9. The molecule has 0 bridgehead atoms. The second kappa shape index (κ2) is 13.2. The topological polar surface area (TPSA) is 109 Å². The first-order valence-electron chi connectivity index (χ1n) is 13.0. The third-order valence-corrected chi connectivity index (χ3v) is 8.01. The number of nitrogens with zero attached hydrogens (tertiary/aromatic N) is 2. The van der Waals surface area contributed by atoms with E-state index in [1.54, 1.807) is 24.3 Å². The van der Waals surface area contributed by atoms with Crippen LogP contribution in [0.15, 0.2) is 60.0 Å². The Balaban J connectivity index is 1.31. The molecule has 4 aromatic rings. The van der Waals surface area contributed by atoms with Gasteiger partial charge in [-0.15, -0.1) is 0 Å². The van der Waals surface area contributed by atoms with Gasteiger partial charge in [-0.2, -0.15) is 5.10 Å². The highest BCUT2D eigenvalue weighted by Crippen LogP contribution is 2.42. The van der Waals surface area contributed by atoms with Crippen molar-refractivity contribution in [1.82, 2.24) is 20.5 Å². The molecule has 8 nitrogen and oxygen atoms in total. The van der Waals surface area contributed by atoms with Crippen LogP contribution in [-0.4, -0.2) is 38.1 Å². The van der Waals surface area contributed by atoms with Crippen LogP contribution in [0.2, 0.25) is 0 Å². The number of thioether (sulfide) groups is 1. The molecule has 5 rings (SSSR count). The molecule has 0 saturated carbocycles. The Morgan fingerprint density at radius 1 is 0.907 bits per heavy atom. The number of ether oxygens (including phenoxy) is 2. The number of aromatic amines is 1. The van der Waals surface area contributed by atoms with E-state index in [1.807, 2.05) is 31.2 Å². The van der Waals surface area contributed by atoms with Crippen molar-refractivity contribution in [3.8, 4) is 0 Å². The number of H-pyrrole nitrogens is 1. The quantitative estimate of drug-likeness (QED) is 0.0981. The van der Waals surface area contributed by atoms with Gasteiger partial charge in [0.2, 0.25) is 5.82 Å². The fourth-order valence-electron chi connectivity index (χ4n) is 4.60. The molecule has 3 N–H and O–H groups in total. The van der Waals surface area contributed by atoms with E-state index in [9.17, 15) is 31.9 Å². The van der Waals surface area contributed by atoms with E-state index >= 15 is 0 Å². The number of carbonyl (C=O) groups excluding carboxylic acids is 1. The molecule has 1 aliphatic rings. The van der Waals surface area contributed by atoms with Crippen LogP contribution in [0.5, 0.6) is 0 Å². The minimum absolute atomic E-state index is 0.0666. The third kappa shape index (κ3) is 6.56. The number of aromatic nitrogens is 3. The van der Waals surface area contributed by atoms with Crippen LogP contribution < -0.4 is 5.32 Å². The number of carbonyl (C=O) groups is 1. The smallest absolute Gasteiger partial charge is 0.257 e. The molecule has 1 amide bonds. The SMILES string of the molecule is C[C@H]1[C@@H](CSc2ncn[nH]2)O[C@@H](c2ccc(CNC(=O)c3c(F)c(F)c(F)c(F)c3F)cc2)O[C@H]1c1ccc(CO)cc1. The zero-order valence-corrected chi connectivity index (χ0v) is 23.3. The first-order valence-corrected chi connectivity index (χ1v) is 14.0. The molecule has 0 radical (unpaired) electrons. The Hall–Kier alpha value is -3.85. The summed E-state index contributed by atoms with van der Waals surface area (Å²) < 4.78 is 81.0. The largest absolute Gasteiger partial charge is 0.392 e. The highest BCUT2D eigenvalue weighted by Gasteiger charge is 2.38. The second-order valence-electron chi connectivity index (χ2n) is 9.79. The third-order valence-electron chi connectivity index (χ3n) is 7.04. The molecule has 43 heavy (non-hydrogen) atoms. The molecule has 0 aliphatic carbocycles. The van der Waals surface area contributed by atoms with Gasteiger partial charge < -0.3 is 19.9 Å². The van der Waals surface area contributed by atoms with E-state index in [2.05, 4.69) is 20.5 Å². The molecule has 2 heterocycles. The van der Waals surface area contributed by atoms with Crippen LogP contribution in [0.25, 0.3) is 0 Å². The lowest BCUT2D eigenvalue weighted by atomic mass is 9.91. The number of rotatable bonds is 9. The maximum absolute atomic E-state index is 14.0.